The maximum absolute atomic E-state index is 10.6. The van der Waals surface area contributed by atoms with Crippen molar-refractivity contribution in [2.75, 3.05) is 0 Å². The number of ether oxygens (including phenoxy) is 1. The normalized spacial score (nSPS) is 16.9. The largest absolute Gasteiger partial charge is 0.510 e. The molecule has 3 aromatic heterocycles. The van der Waals surface area contributed by atoms with Crippen molar-refractivity contribution in [1.82, 2.24) is 14.1 Å². The van der Waals surface area contributed by atoms with Gasteiger partial charge in [-0.2, -0.15) is 18.2 Å². The third-order valence-corrected chi connectivity index (χ3v) is 19.2. The monoisotopic (exact) mass is 1440 g/mol. The zero-order valence-corrected chi connectivity index (χ0v) is 57.1. The number of rotatable bonds is 8. The van der Waals surface area contributed by atoms with Gasteiger partial charge in [0.05, 0.1) is 34.5 Å². The van der Waals surface area contributed by atoms with Crippen LogP contribution in [0.3, 0.4) is 0 Å². The Morgan fingerprint density at radius 3 is 1.76 bits per heavy atom. The fourth-order valence-electron chi connectivity index (χ4n) is 14.1. The number of para-hydroxylation sites is 1. The van der Waals surface area contributed by atoms with E-state index in [-0.39, 0.29) is 65.5 Å². The van der Waals surface area contributed by atoms with Crippen LogP contribution in [0.15, 0.2) is 230 Å². The first-order valence-corrected chi connectivity index (χ1v) is 32.1. The number of aromatic nitrogens is 4. The average molecular weight is 1450 g/mol. The van der Waals surface area contributed by atoms with E-state index in [4.69, 9.17) is 26.2 Å². The summed E-state index contributed by atoms with van der Waals surface area (Å²) in [7, 11) is 0. The fraction of sp³-hybridized carbons (Fsp3) is 0.200. The number of hydrogen-bond acceptors (Lipinski definition) is 2. The van der Waals surface area contributed by atoms with Crippen LogP contribution < -0.4 is 9.30 Å². The van der Waals surface area contributed by atoms with E-state index in [2.05, 4.69) is 95.8 Å². The summed E-state index contributed by atoms with van der Waals surface area (Å²) in [5, 5.41) is 1.88. The minimum absolute atomic E-state index is 0. The van der Waals surface area contributed by atoms with Gasteiger partial charge in [-0.05, 0) is 225 Å². The minimum atomic E-state index is -2.80. The molecule has 0 amide bonds. The molecule has 1 aliphatic carbocycles. The molecular formula is C90H78N4OPt-2. The second-order valence-electron chi connectivity index (χ2n) is 28.4. The summed E-state index contributed by atoms with van der Waals surface area (Å²) in [6.07, 6.45) is 7.29. The van der Waals surface area contributed by atoms with Gasteiger partial charge < -0.3 is 13.9 Å². The third kappa shape index (κ3) is 10.7. The Morgan fingerprint density at radius 2 is 1.11 bits per heavy atom. The Hall–Kier alpha value is -9.67. The van der Waals surface area contributed by atoms with Crippen LogP contribution in [-0.2, 0) is 42.7 Å². The van der Waals surface area contributed by atoms with Gasteiger partial charge in [-0.3, -0.25) is 4.57 Å². The van der Waals surface area contributed by atoms with Gasteiger partial charge in [-0.25, -0.2) is 4.98 Å². The van der Waals surface area contributed by atoms with Crippen LogP contribution in [0.2, 0.25) is 0 Å². The molecule has 2 aliphatic rings. The Bertz CT molecular complexity index is 6330. The van der Waals surface area contributed by atoms with Crippen molar-refractivity contribution in [1.29, 1.82) is 0 Å². The van der Waals surface area contributed by atoms with E-state index in [1.54, 1.807) is 41.1 Å². The number of hydrogen-bond donors (Lipinski definition) is 0. The van der Waals surface area contributed by atoms with Crippen molar-refractivity contribution in [2.45, 2.75) is 117 Å². The van der Waals surface area contributed by atoms with Gasteiger partial charge in [0.2, 0.25) is 0 Å². The first kappa shape index (κ1) is 44.1. The summed E-state index contributed by atoms with van der Waals surface area (Å²) in [6.45, 7) is 15.8. The molecule has 0 unspecified atom stereocenters. The predicted molar refractivity (Wildman–Crippen MR) is 394 cm³/mol. The molecule has 0 N–H and O–H groups in total. The van der Waals surface area contributed by atoms with E-state index in [0.29, 0.717) is 78.4 Å². The van der Waals surface area contributed by atoms with E-state index in [1.807, 2.05) is 98.1 Å². The molecule has 0 radical (unpaired) electrons. The molecule has 476 valence electrons. The number of aryl methyl sites for hydroxylation is 2. The molecule has 0 saturated carbocycles. The van der Waals surface area contributed by atoms with Crippen LogP contribution in [0.25, 0.3) is 128 Å². The quantitative estimate of drug-likeness (QED) is 0.112. The molecule has 0 atom stereocenters. The number of nitrogens with zero attached hydrogens (tertiary/aromatic N) is 4. The maximum atomic E-state index is 10.6. The smallest absolute Gasteiger partial charge is 0.268 e. The molecule has 1 aliphatic heterocycles. The summed E-state index contributed by atoms with van der Waals surface area (Å²) in [5.74, 6) is 1.24. The van der Waals surface area contributed by atoms with Crippen LogP contribution in [-0.4, -0.2) is 14.1 Å². The van der Waals surface area contributed by atoms with Gasteiger partial charge in [0, 0.05) is 52.5 Å². The Morgan fingerprint density at radius 1 is 0.521 bits per heavy atom. The second-order valence-corrected chi connectivity index (χ2v) is 28.4. The zero-order valence-electron chi connectivity index (χ0n) is 73.9. The molecule has 0 saturated heterocycles. The fourth-order valence-corrected chi connectivity index (χ4v) is 14.1. The van der Waals surface area contributed by atoms with E-state index >= 15 is 0 Å². The topological polar surface area (TPSA) is 35.9 Å². The summed E-state index contributed by atoms with van der Waals surface area (Å²) in [4.78, 5) is 4.90. The van der Waals surface area contributed by atoms with Gasteiger partial charge >= 0.3 is 0 Å². The Labute approximate surface area is 606 Å². The molecule has 11 aromatic carbocycles. The molecule has 96 heavy (non-hydrogen) atoms. The average Bonchev–Trinajstić information content (AvgIpc) is 1.60. The zero-order chi connectivity index (χ0) is 81.8. The van der Waals surface area contributed by atoms with Crippen LogP contribution in [0.5, 0.6) is 11.5 Å². The predicted octanol–water partition coefficient (Wildman–Crippen LogP) is 23.1. The van der Waals surface area contributed by atoms with Crippen molar-refractivity contribution in [2.24, 2.45) is 0 Å². The second kappa shape index (κ2) is 23.3. The first-order valence-electron chi connectivity index (χ1n) is 41.6. The van der Waals surface area contributed by atoms with Gasteiger partial charge in [-0.15, -0.1) is 29.7 Å². The summed E-state index contributed by atoms with van der Waals surface area (Å²) in [6, 6.07) is 42.3. The van der Waals surface area contributed by atoms with Crippen molar-refractivity contribution >= 4 is 32.8 Å². The van der Waals surface area contributed by atoms with Crippen LogP contribution >= 0.6 is 0 Å². The number of fused-ring (bicyclic) bond motifs is 11. The van der Waals surface area contributed by atoms with Crippen LogP contribution in [0.1, 0.15) is 142 Å². The molecular weight excluding hydrogens is 1350 g/mol. The maximum Gasteiger partial charge on any atom is 0.268 e. The molecule has 4 heterocycles. The van der Waals surface area contributed by atoms with E-state index in [0.717, 1.165) is 51.4 Å². The van der Waals surface area contributed by atoms with Crippen molar-refractivity contribution in [3.8, 4) is 107 Å². The summed E-state index contributed by atoms with van der Waals surface area (Å²) < 4.78 is 189. The molecule has 14 aromatic rings. The van der Waals surface area contributed by atoms with Crippen molar-refractivity contribution in [3.05, 3.63) is 282 Å². The van der Waals surface area contributed by atoms with Gasteiger partial charge in [0.15, 0.2) is 0 Å². The first-order chi connectivity index (χ1) is 53.5. The summed E-state index contributed by atoms with van der Waals surface area (Å²) >= 11 is 0. The molecule has 0 spiro atoms. The SMILES string of the molecule is [2H]c1c([2H])c([2H])c(-c2c([2H])c(-c3cc4c5c(c3)n(-c3[c-]c(Oc6[c-]c7c(cc6)c6ccccc6n7-c6cc(C(C)(C)C)ccn6)ccc3)[c-][n+]5-c3c(cc(-c5c(C([2H])([2H])[2H])cccc5C([2H])([2H])[2H])cc3C(C)(C)C)-c3cc5c(cc3-c3ccccc3-4)C(C)(C)CCC5(C)C)c([2H])c(-c3c([2H])c([2H])c([2H])c([2H])c3[2H])c2[2H])c([2H])c1[2H].[Pt]. The third-order valence-electron chi connectivity index (χ3n) is 19.2. The van der Waals surface area contributed by atoms with E-state index in [9.17, 15) is 9.60 Å². The van der Waals surface area contributed by atoms with Gasteiger partial charge in [0.25, 0.3) is 6.33 Å². The molecule has 16 rings (SSSR count). The van der Waals surface area contributed by atoms with Gasteiger partial charge in [-0.1, -0.05) is 214 Å². The molecule has 6 heteroatoms. The molecule has 0 fully saturated rings. The van der Waals surface area contributed by atoms with E-state index in [1.165, 1.54) is 18.2 Å². The molecule has 0 bridgehead atoms. The van der Waals surface area contributed by atoms with Crippen molar-refractivity contribution in [3.63, 3.8) is 0 Å². The number of imidazole rings is 1. The standard InChI is InChI=1S/C90H78N4O.Pt/c1-56-25-23-26-57(2)84(56)64-47-76-74-54-78-77(89(9,10)40-41-90(78,11)12)53-73(74)69-33-19-20-34-70(69)75-46-63(62-44-60(58-27-15-13-16-28-58)43-61(45-62)59-29-17-14-18-30-59)49-82-86(75)93(85(76)79(48-64)88(6,7)8)55-92(82)66-31-24-32-67(51-66)95-68-37-38-72-71-35-21-22-36-80(71)94(81(72)52-68)83-50-65(39-42-91-83)87(3,4)5;/h13-39,42-50,53-54H,40-41H2,1-12H3;/q-2;/i1D3,2D3,13D,14D,15D,16D,17D,18D,27D,28D,29D,30D,43D,44D,45D;. The molecule has 5 nitrogen and oxygen atoms in total. The van der Waals surface area contributed by atoms with Crippen LogP contribution in [0.4, 0.5) is 0 Å². The summed E-state index contributed by atoms with van der Waals surface area (Å²) in [5.41, 5.74) is 6.39. The number of pyridine rings is 1. The Kier molecular flexibility index (Phi) is 10.7. The van der Waals surface area contributed by atoms with Crippen molar-refractivity contribution < 1.29 is 56.4 Å². The number of benzene rings is 11. The van der Waals surface area contributed by atoms with Crippen LogP contribution in [0, 0.1) is 32.2 Å². The Balaban J connectivity index is 0.0000104. The van der Waals surface area contributed by atoms with E-state index < -0.39 is 125 Å². The van der Waals surface area contributed by atoms with Gasteiger partial charge in [0.1, 0.15) is 5.82 Å². The minimum Gasteiger partial charge on any atom is -0.510 e.